The molecule has 1 saturated heterocycles. The van der Waals surface area contributed by atoms with Crippen molar-refractivity contribution in [2.45, 2.75) is 31.2 Å². The van der Waals surface area contributed by atoms with Crippen molar-refractivity contribution < 1.29 is 8.42 Å². The monoisotopic (exact) mass is 520 g/mol. The molecule has 0 aliphatic carbocycles. The molecule has 0 radical (unpaired) electrons. The summed E-state index contributed by atoms with van der Waals surface area (Å²) in [6, 6.07) is 24.8. The van der Waals surface area contributed by atoms with Gasteiger partial charge in [-0.05, 0) is 67.7 Å². The molecule has 3 aromatic carbocycles. The lowest BCUT2D eigenvalue weighted by atomic mass is 10.1. The maximum atomic E-state index is 13.6. The number of hydrogen-bond donors (Lipinski definition) is 0. The van der Waals surface area contributed by atoms with Gasteiger partial charge in [0.05, 0.1) is 15.3 Å². The maximum absolute atomic E-state index is 13.6. The number of piperazine rings is 1. The number of para-hydroxylation sites is 1. The SMILES string of the molecule is CC(C)N(c1ccccc1CCN1CCN(c2nsc3ccccc23)CC1)S(=O)(=O)c1ccccc1. The molecule has 2 heterocycles. The summed E-state index contributed by atoms with van der Waals surface area (Å²) >= 11 is 1.56. The van der Waals surface area contributed by atoms with Crippen LogP contribution < -0.4 is 9.21 Å². The molecule has 4 aromatic rings. The van der Waals surface area contributed by atoms with Gasteiger partial charge >= 0.3 is 0 Å². The van der Waals surface area contributed by atoms with Crippen LogP contribution in [-0.2, 0) is 16.4 Å². The molecule has 1 aliphatic rings. The Balaban J connectivity index is 1.28. The van der Waals surface area contributed by atoms with E-state index in [0.29, 0.717) is 4.90 Å². The quantitative estimate of drug-likeness (QED) is 0.317. The Morgan fingerprint density at radius 3 is 2.31 bits per heavy atom. The number of anilines is 2. The van der Waals surface area contributed by atoms with Crippen LogP contribution in [0.1, 0.15) is 19.4 Å². The van der Waals surface area contributed by atoms with Crippen LogP contribution in [0, 0.1) is 0 Å². The van der Waals surface area contributed by atoms with Crippen LogP contribution in [0.2, 0.25) is 0 Å². The second-order valence-electron chi connectivity index (χ2n) is 9.42. The van der Waals surface area contributed by atoms with Crippen LogP contribution in [0.3, 0.4) is 0 Å². The van der Waals surface area contributed by atoms with E-state index in [-0.39, 0.29) is 6.04 Å². The van der Waals surface area contributed by atoms with Crippen molar-refractivity contribution >= 4 is 43.1 Å². The van der Waals surface area contributed by atoms with Crippen LogP contribution >= 0.6 is 11.5 Å². The summed E-state index contributed by atoms with van der Waals surface area (Å²) in [5, 5.41) is 1.23. The number of nitrogens with zero attached hydrogens (tertiary/aromatic N) is 4. The molecule has 1 aromatic heterocycles. The molecule has 8 heteroatoms. The minimum Gasteiger partial charge on any atom is -0.353 e. The largest absolute Gasteiger partial charge is 0.353 e. The van der Waals surface area contributed by atoms with Gasteiger partial charge in [-0.1, -0.05) is 48.5 Å². The van der Waals surface area contributed by atoms with Crippen LogP contribution in [0.15, 0.2) is 83.8 Å². The Morgan fingerprint density at radius 2 is 1.56 bits per heavy atom. The van der Waals surface area contributed by atoms with E-state index in [4.69, 9.17) is 4.37 Å². The number of fused-ring (bicyclic) bond motifs is 1. The highest BCUT2D eigenvalue weighted by molar-refractivity contribution is 7.92. The lowest BCUT2D eigenvalue weighted by molar-refractivity contribution is 0.261. The third-order valence-corrected chi connectivity index (χ3v) is 9.55. The molecule has 0 amide bonds. The van der Waals surface area contributed by atoms with Gasteiger partial charge in [0, 0.05) is 44.2 Å². The van der Waals surface area contributed by atoms with Crippen molar-refractivity contribution in [3.8, 4) is 0 Å². The number of hydrogen-bond acceptors (Lipinski definition) is 6. The lowest BCUT2D eigenvalue weighted by Gasteiger charge is -2.35. The standard InChI is InChI=1S/C28H32N4O2S2/c1-22(2)32(36(33,34)24-11-4-3-5-12-24)26-14-8-6-10-23(26)16-17-30-18-20-31(21-19-30)28-25-13-7-9-15-27(25)35-29-28/h3-15,22H,16-21H2,1-2H3. The van der Waals surface area contributed by atoms with Crippen LogP contribution in [-0.4, -0.2) is 56.5 Å². The predicted octanol–water partition coefficient (Wildman–Crippen LogP) is 5.26. The zero-order chi connectivity index (χ0) is 25.1. The molecule has 0 saturated carbocycles. The maximum Gasteiger partial charge on any atom is 0.264 e. The number of aromatic nitrogens is 1. The van der Waals surface area contributed by atoms with Crippen LogP contribution in [0.4, 0.5) is 11.5 Å². The zero-order valence-corrected chi connectivity index (χ0v) is 22.4. The summed E-state index contributed by atoms with van der Waals surface area (Å²) in [5.41, 5.74) is 1.82. The van der Waals surface area contributed by atoms with Crippen LogP contribution in [0.5, 0.6) is 0 Å². The van der Waals surface area contributed by atoms with E-state index < -0.39 is 10.0 Å². The topological polar surface area (TPSA) is 56.8 Å². The molecule has 0 atom stereocenters. The van der Waals surface area contributed by atoms with Crippen molar-refractivity contribution in [2.75, 3.05) is 41.9 Å². The Hall–Kier alpha value is -2.94. The van der Waals surface area contributed by atoms with Crippen LogP contribution in [0.25, 0.3) is 10.1 Å². The summed E-state index contributed by atoms with van der Waals surface area (Å²) in [6.07, 6.45) is 0.795. The Bertz CT molecular complexity index is 1410. The summed E-state index contributed by atoms with van der Waals surface area (Å²) < 4.78 is 34.7. The molecule has 188 valence electrons. The van der Waals surface area contributed by atoms with E-state index in [2.05, 4.69) is 40.1 Å². The van der Waals surface area contributed by atoms with Crippen molar-refractivity contribution in [1.29, 1.82) is 0 Å². The van der Waals surface area contributed by atoms with Gasteiger partial charge < -0.3 is 4.90 Å². The van der Waals surface area contributed by atoms with Gasteiger partial charge in [-0.25, -0.2) is 8.42 Å². The van der Waals surface area contributed by atoms with E-state index in [1.165, 1.54) is 10.1 Å². The van der Waals surface area contributed by atoms with Gasteiger partial charge in [-0.15, -0.1) is 0 Å². The first-order valence-electron chi connectivity index (χ1n) is 12.4. The molecular weight excluding hydrogens is 488 g/mol. The van der Waals surface area contributed by atoms with E-state index in [0.717, 1.165) is 56.2 Å². The summed E-state index contributed by atoms with van der Waals surface area (Å²) in [4.78, 5) is 5.17. The fourth-order valence-corrected chi connectivity index (χ4v) is 7.41. The zero-order valence-electron chi connectivity index (χ0n) is 20.7. The van der Waals surface area contributed by atoms with E-state index in [1.54, 1.807) is 40.1 Å². The molecule has 0 spiro atoms. The molecule has 0 N–H and O–H groups in total. The molecule has 6 nitrogen and oxygen atoms in total. The molecule has 1 fully saturated rings. The average molecular weight is 521 g/mol. The first kappa shape index (κ1) is 24.7. The minimum absolute atomic E-state index is 0.201. The highest BCUT2D eigenvalue weighted by Crippen LogP contribution is 2.31. The second-order valence-corrected chi connectivity index (χ2v) is 12.0. The minimum atomic E-state index is -3.66. The third-order valence-electron chi connectivity index (χ3n) is 6.73. The summed E-state index contributed by atoms with van der Waals surface area (Å²) in [6.45, 7) is 8.55. The Morgan fingerprint density at radius 1 is 0.889 bits per heavy atom. The van der Waals surface area contributed by atoms with Gasteiger partial charge in [0.15, 0.2) is 0 Å². The highest BCUT2D eigenvalue weighted by Gasteiger charge is 2.29. The highest BCUT2D eigenvalue weighted by atomic mass is 32.2. The van der Waals surface area contributed by atoms with Crippen molar-refractivity contribution in [2.24, 2.45) is 0 Å². The molecule has 1 aliphatic heterocycles. The van der Waals surface area contributed by atoms with E-state index >= 15 is 0 Å². The normalized spacial score (nSPS) is 15.0. The Labute approximate surface area is 218 Å². The molecule has 5 rings (SSSR count). The average Bonchev–Trinajstić information content (AvgIpc) is 3.33. The lowest BCUT2D eigenvalue weighted by Crippen LogP contribution is -2.47. The van der Waals surface area contributed by atoms with Gasteiger partial charge in [0.1, 0.15) is 5.82 Å². The van der Waals surface area contributed by atoms with Gasteiger partial charge in [-0.3, -0.25) is 9.21 Å². The third kappa shape index (κ3) is 4.98. The Kier molecular flexibility index (Phi) is 7.27. The number of sulfonamides is 1. The molecule has 0 unspecified atom stereocenters. The molecular formula is C28H32N4O2S2. The molecule has 0 bridgehead atoms. The van der Waals surface area contributed by atoms with Gasteiger partial charge in [0.25, 0.3) is 10.0 Å². The predicted molar refractivity (Wildman–Crippen MR) is 150 cm³/mol. The summed E-state index contributed by atoms with van der Waals surface area (Å²) in [5.74, 6) is 1.10. The van der Waals surface area contributed by atoms with Crippen molar-refractivity contribution in [3.05, 3.63) is 84.4 Å². The second kappa shape index (κ2) is 10.6. The van der Waals surface area contributed by atoms with Crippen molar-refractivity contribution in [3.63, 3.8) is 0 Å². The first-order chi connectivity index (χ1) is 17.4. The smallest absolute Gasteiger partial charge is 0.264 e. The fourth-order valence-electron chi connectivity index (χ4n) is 4.89. The van der Waals surface area contributed by atoms with Gasteiger partial charge in [-0.2, -0.15) is 4.37 Å². The van der Waals surface area contributed by atoms with Crippen molar-refractivity contribution in [1.82, 2.24) is 9.27 Å². The number of rotatable bonds is 8. The van der Waals surface area contributed by atoms with Gasteiger partial charge in [0.2, 0.25) is 0 Å². The fraction of sp³-hybridized carbons (Fsp3) is 0.321. The van der Waals surface area contributed by atoms with E-state index in [1.807, 2.05) is 38.1 Å². The first-order valence-corrected chi connectivity index (χ1v) is 14.7. The molecule has 36 heavy (non-hydrogen) atoms. The van der Waals surface area contributed by atoms with E-state index in [9.17, 15) is 8.42 Å². The number of benzene rings is 3. The summed E-state index contributed by atoms with van der Waals surface area (Å²) in [7, 11) is -3.66.